The minimum atomic E-state index is -0.937. The topological polar surface area (TPSA) is 116 Å². The number of carbonyl (C=O) groups excluding carboxylic acids is 4. The van der Waals surface area contributed by atoms with Crippen molar-refractivity contribution in [1.82, 2.24) is 21.3 Å². The highest BCUT2D eigenvalue weighted by atomic mass is 16.2. The number of rotatable bonds is 19. The van der Waals surface area contributed by atoms with Gasteiger partial charge < -0.3 is 21.3 Å². The second kappa shape index (κ2) is 23.5. The lowest BCUT2D eigenvalue weighted by atomic mass is 9.74. The molecule has 322 valence electrons. The molecular weight excluding hydrogens is 697 g/mol. The molecule has 4 fully saturated rings. The molecule has 0 bridgehead atoms. The van der Waals surface area contributed by atoms with Gasteiger partial charge in [0.15, 0.2) is 0 Å². The third-order valence-electron chi connectivity index (χ3n) is 16.1. The van der Waals surface area contributed by atoms with E-state index in [1.54, 1.807) is 0 Å². The predicted molar refractivity (Wildman–Crippen MR) is 230 cm³/mol. The van der Waals surface area contributed by atoms with Crippen LogP contribution >= 0.6 is 0 Å². The number of nitrogens with one attached hydrogen (secondary N) is 4. The van der Waals surface area contributed by atoms with Gasteiger partial charge in [-0.15, -0.1) is 0 Å². The van der Waals surface area contributed by atoms with Crippen LogP contribution in [0.2, 0.25) is 0 Å². The standard InChI is InChI=1S/C48H86N4O4/c1-9-31(5)35-21-13-17-25-41(35)49-45(53)29-39(47(55)51-43-27-19-15-23-37(43)33(7)11-3)40(48(56)52-44-28-20-16-24-38(44)34(8)12-4)30-46(54)50-42-26-18-14-22-36(42)32(6)10-2/h31-44H,9-30H2,1-8H3,(H,49,53)(H,50,54)(H,51,55)(H,52,56). The molecule has 8 nitrogen and oxygen atoms in total. The highest BCUT2D eigenvalue weighted by Crippen LogP contribution is 2.37. The summed E-state index contributed by atoms with van der Waals surface area (Å²) in [7, 11) is 0. The van der Waals surface area contributed by atoms with Crippen molar-refractivity contribution >= 4 is 23.6 Å². The highest BCUT2D eigenvalue weighted by Gasteiger charge is 2.42. The molecule has 4 saturated carbocycles. The lowest BCUT2D eigenvalue weighted by molar-refractivity contribution is -0.141. The van der Waals surface area contributed by atoms with Crippen molar-refractivity contribution in [3.8, 4) is 0 Å². The second-order valence-corrected chi connectivity index (χ2v) is 19.5. The molecule has 0 aliphatic heterocycles. The molecule has 0 saturated heterocycles. The highest BCUT2D eigenvalue weighted by molar-refractivity contribution is 5.94. The van der Waals surface area contributed by atoms with Gasteiger partial charge in [0.25, 0.3) is 0 Å². The second-order valence-electron chi connectivity index (χ2n) is 19.5. The maximum Gasteiger partial charge on any atom is 0.224 e. The number of amides is 4. The Morgan fingerprint density at radius 2 is 0.625 bits per heavy atom. The molecule has 0 aromatic heterocycles. The van der Waals surface area contributed by atoms with E-state index >= 15 is 0 Å². The first kappa shape index (κ1) is 46.6. The zero-order valence-corrected chi connectivity index (χ0v) is 37.3. The van der Waals surface area contributed by atoms with E-state index in [2.05, 4.69) is 76.7 Å². The average molecular weight is 783 g/mol. The first-order valence-corrected chi connectivity index (χ1v) is 24.1. The van der Waals surface area contributed by atoms with E-state index in [4.69, 9.17) is 0 Å². The molecule has 8 heteroatoms. The Hall–Kier alpha value is -2.12. The minimum absolute atomic E-state index is 0.00841. The summed E-state index contributed by atoms with van der Waals surface area (Å²) < 4.78 is 0. The van der Waals surface area contributed by atoms with Gasteiger partial charge in [0, 0.05) is 37.0 Å². The third kappa shape index (κ3) is 12.9. The van der Waals surface area contributed by atoms with Crippen LogP contribution in [0.15, 0.2) is 0 Å². The van der Waals surface area contributed by atoms with Crippen LogP contribution in [0.3, 0.4) is 0 Å². The molecule has 14 atom stereocenters. The van der Waals surface area contributed by atoms with Gasteiger partial charge in [-0.25, -0.2) is 0 Å². The van der Waals surface area contributed by atoms with Crippen LogP contribution in [0.25, 0.3) is 0 Å². The van der Waals surface area contributed by atoms with E-state index in [1.807, 2.05) is 0 Å². The molecule has 56 heavy (non-hydrogen) atoms. The molecule has 14 unspecified atom stereocenters. The molecule has 4 aliphatic rings. The summed E-state index contributed by atoms with van der Waals surface area (Å²) in [5.74, 6) is 0.820. The number of carbonyl (C=O) groups is 4. The number of hydrogen-bond acceptors (Lipinski definition) is 4. The zero-order valence-electron chi connectivity index (χ0n) is 37.3. The maximum absolute atomic E-state index is 14.9. The van der Waals surface area contributed by atoms with Gasteiger partial charge in [0.1, 0.15) is 0 Å². The Labute approximate surface area is 343 Å². The lowest BCUT2D eigenvalue weighted by Crippen LogP contribution is -2.54. The summed E-state index contributed by atoms with van der Waals surface area (Å²) >= 11 is 0. The summed E-state index contributed by atoms with van der Waals surface area (Å²) in [5.41, 5.74) is 0. The molecule has 4 N–H and O–H groups in total. The molecule has 4 aliphatic carbocycles. The van der Waals surface area contributed by atoms with Crippen molar-refractivity contribution in [2.75, 3.05) is 0 Å². The molecular formula is C48H86N4O4. The van der Waals surface area contributed by atoms with Crippen LogP contribution in [0.4, 0.5) is 0 Å². The predicted octanol–water partition coefficient (Wildman–Crippen LogP) is 9.88. The minimum Gasteiger partial charge on any atom is -0.353 e. The smallest absolute Gasteiger partial charge is 0.224 e. The summed E-state index contributed by atoms with van der Waals surface area (Å²) in [5, 5.41) is 13.7. The monoisotopic (exact) mass is 783 g/mol. The summed E-state index contributed by atoms with van der Waals surface area (Å²) in [6, 6.07) is 0.157. The normalized spacial score (nSPS) is 31.8. The fraction of sp³-hybridized carbons (Fsp3) is 0.917. The molecule has 0 aromatic rings. The van der Waals surface area contributed by atoms with Gasteiger partial charge in [-0.05, 0) is 98.7 Å². The van der Waals surface area contributed by atoms with Gasteiger partial charge >= 0.3 is 0 Å². The van der Waals surface area contributed by atoms with Crippen LogP contribution in [0, 0.1) is 59.2 Å². The molecule has 0 heterocycles. The van der Waals surface area contributed by atoms with Crippen LogP contribution in [-0.4, -0.2) is 47.8 Å². The van der Waals surface area contributed by atoms with Crippen molar-refractivity contribution in [3.05, 3.63) is 0 Å². The molecule has 4 rings (SSSR count). The van der Waals surface area contributed by atoms with E-state index in [0.717, 1.165) is 116 Å². The van der Waals surface area contributed by atoms with Crippen molar-refractivity contribution in [2.45, 2.75) is 221 Å². The van der Waals surface area contributed by atoms with Gasteiger partial charge in [-0.2, -0.15) is 0 Å². The summed E-state index contributed by atoms with van der Waals surface area (Å²) in [4.78, 5) is 58.5. The van der Waals surface area contributed by atoms with E-state index in [9.17, 15) is 19.2 Å². The summed E-state index contributed by atoms with van der Waals surface area (Å²) in [6.07, 6.45) is 21.1. The van der Waals surface area contributed by atoms with Crippen LogP contribution in [0.1, 0.15) is 197 Å². The first-order valence-electron chi connectivity index (χ1n) is 24.1. The van der Waals surface area contributed by atoms with E-state index in [1.165, 1.54) is 12.8 Å². The Morgan fingerprint density at radius 3 is 0.875 bits per heavy atom. The Balaban J connectivity index is 1.68. The van der Waals surface area contributed by atoms with Gasteiger partial charge in [0.05, 0.1) is 11.8 Å². The third-order valence-corrected chi connectivity index (χ3v) is 16.1. The van der Waals surface area contributed by atoms with E-state index < -0.39 is 11.8 Å². The molecule has 0 aromatic carbocycles. The lowest BCUT2D eigenvalue weighted by Gasteiger charge is -2.39. The maximum atomic E-state index is 14.9. The Kier molecular flexibility index (Phi) is 19.5. The molecule has 4 amide bonds. The Morgan fingerprint density at radius 1 is 0.393 bits per heavy atom. The molecule has 0 spiro atoms. The first-order chi connectivity index (χ1) is 26.9. The average Bonchev–Trinajstić information content (AvgIpc) is 3.21. The van der Waals surface area contributed by atoms with Crippen molar-refractivity contribution < 1.29 is 19.2 Å². The molecule has 0 radical (unpaired) electrons. The van der Waals surface area contributed by atoms with Crippen molar-refractivity contribution in [2.24, 2.45) is 59.2 Å². The zero-order chi connectivity index (χ0) is 40.8. The quantitative estimate of drug-likeness (QED) is 0.104. The van der Waals surface area contributed by atoms with Crippen molar-refractivity contribution in [3.63, 3.8) is 0 Å². The summed E-state index contributed by atoms with van der Waals surface area (Å²) in [6.45, 7) is 18.0. The van der Waals surface area contributed by atoms with Crippen LogP contribution in [0.5, 0.6) is 0 Å². The van der Waals surface area contributed by atoms with Gasteiger partial charge in [-0.3, -0.25) is 19.2 Å². The fourth-order valence-electron chi connectivity index (χ4n) is 11.6. The Bertz CT molecular complexity index is 1130. The van der Waals surface area contributed by atoms with E-state index in [0.29, 0.717) is 47.3 Å². The van der Waals surface area contributed by atoms with Gasteiger partial charge in [0.2, 0.25) is 23.6 Å². The van der Waals surface area contributed by atoms with E-state index in [-0.39, 0.29) is 60.6 Å². The number of hydrogen-bond donors (Lipinski definition) is 4. The SMILES string of the molecule is CCC(C)C1CCCCC1NC(=O)CC(C(=O)NC1CCCCC1C(C)CC)C(CC(=O)NC1CCCCC1C(C)CC)C(=O)NC1CCCCC1C(C)CC. The fourth-order valence-corrected chi connectivity index (χ4v) is 11.6. The van der Waals surface area contributed by atoms with Crippen molar-refractivity contribution in [1.29, 1.82) is 0 Å². The van der Waals surface area contributed by atoms with Crippen LogP contribution in [-0.2, 0) is 19.2 Å². The van der Waals surface area contributed by atoms with Gasteiger partial charge in [-0.1, -0.05) is 132 Å². The van der Waals surface area contributed by atoms with Crippen LogP contribution < -0.4 is 21.3 Å². The largest absolute Gasteiger partial charge is 0.353 e.